The van der Waals surface area contributed by atoms with Gasteiger partial charge in [-0.25, -0.2) is 4.79 Å². The van der Waals surface area contributed by atoms with Crippen molar-refractivity contribution in [1.82, 2.24) is 0 Å². The molecule has 0 aliphatic heterocycles. The summed E-state index contributed by atoms with van der Waals surface area (Å²) in [7, 11) is 1.63. The summed E-state index contributed by atoms with van der Waals surface area (Å²) in [6.45, 7) is 1.93. The number of nitrogens with zero attached hydrogens (tertiary/aromatic N) is 1. The minimum absolute atomic E-state index is 0.0556. The molecule has 1 fully saturated rings. The Balaban J connectivity index is 2.47. The lowest BCUT2D eigenvalue weighted by Crippen LogP contribution is -2.09. The van der Waals surface area contributed by atoms with E-state index in [0.717, 1.165) is 6.42 Å². The molecule has 0 aromatic carbocycles. The van der Waals surface area contributed by atoms with Crippen LogP contribution in [-0.4, -0.2) is 24.8 Å². The van der Waals surface area contributed by atoms with Crippen molar-refractivity contribution in [3.05, 3.63) is 0 Å². The zero-order chi connectivity index (χ0) is 6.91. The molecule has 1 saturated carbocycles. The Labute approximate surface area is 53.7 Å². The lowest BCUT2D eigenvalue weighted by molar-refractivity contribution is 0.0919. The van der Waals surface area contributed by atoms with Gasteiger partial charge in [0.15, 0.2) is 0 Å². The molecule has 0 spiro atoms. The highest BCUT2D eigenvalue weighted by Gasteiger charge is 2.51. The fourth-order valence-electron chi connectivity index (χ4n) is 0.790. The van der Waals surface area contributed by atoms with Gasteiger partial charge in [0.05, 0.1) is 11.6 Å². The fraction of sp³-hybridized carbons (Fsp3) is 0.833. The highest BCUT2D eigenvalue weighted by atomic mass is 16.5. The van der Waals surface area contributed by atoms with Crippen LogP contribution in [-0.2, 0) is 9.53 Å². The van der Waals surface area contributed by atoms with E-state index in [1.165, 1.54) is 6.08 Å². The Hall–Kier alpha value is -0.660. The molecule has 0 saturated heterocycles. The minimum atomic E-state index is -0.169. The molecular formula is C6H9NO2. The van der Waals surface area contributed by atoms with Gasteiger partial charge in [0.2, 0.25) is 6.08 Å². The summed E-state index contributed by atoms with van der Waals surface area (Å²) in [4.78, 5) is 13.2. The summed E-state index contributed by atoms with van der Waals surface area (Å²) in [5.74, 6) is 0. The van der Waals surface area contributed by atoms with Crippen LogP contribution in [0.2, 0.25) is 0 Å². The largest absolute Gasteiger partial charge is 0.376 e. The van der Waals surface area contributed by atoms with Crippen LogP contribution in [0.5, 0.6) is 0 Å². The number of isocyanates is 1. The smallest absolute Gasteiger partial charge is 0.235 e. The molecule has 0 amide bonds. The van der Waals surface area contributed by atoms with Crippen LogP contribution in [0.4, 0.5) is 0 Å². The Morgan fingerprint density at radius 1 is 1.89 bits per heavy atom. The molecule has 2 unspecified atom stereocenters. The molecule has 0 aromatic rings. The number of rotatable bonds is 2. The predicted octanol–water partition coefficient (Wildman–Crippen LogP) is 0.500. The number of aliphatic imine (C=N–C) groups is 1. The number of hydrogen-bond donors (Lipinski definition) is 0. The number of ether oxygens (including phenoxy) is 1. The third kappa shape index (κ3) is 1.02. The summed E-state index contributed by atoms with van der Waals surface area (Å²) in [5, 5.41) is 0. The predicted molar refractivity (Wildman–Crippen MR) is 31.9 cm³/mol. The standard InChI is InChI=1S/C6H9NO2/c1-6(9-2)3-5(6)7-4-8/h5H,3H2,1-2H3. The summed E-state index contributed by atoms with van der Waals surface area (Å²) < 4.78 is 5.04. The Morgan fingerprint density at radius 3 is 2.89 bits per heavy atom. The SMILES string of the molecule is COC1(C)CC1N=C=O. The average molecular weight is 127 g/mol. The van der Waals surface area contributed by atoms with E-state index in [1.54, 1.807) is 7.11 Å². The summed E-state index contributed by atoms with van der Waals surface area (Å²) in [6.07, 6.45) is 2.36. The van der Waals surface area contributed by atoms with Crippen molar-refractivity contribution in [2.75, 3.05) is 7.11 Å². The first-order valence-electron chi connectivity index (χ1n) is 2.85. The van der Waals surface area contributed by atoms with Crippen LogP contribution < -0.4 is 0 Å². The molecule has 9 heavy (non-hydrogen) atoms. The Kier molecular flexibility index (Phi) is 1.39. The van der Waals surface area contributed by atoms with Gasteiger partial charge in [-0.15, -0.1) is 0 Å². The number of carbonyl (C=O) groups excluding carboxylic acids is 1. The van der Waals surface area contributed by atoms with Crippen LogP contribution in [0.25, 0.3) is 0 Å². The molecule has 50 valence electrons. The number of hydrogen-bond acceptors (Lipinski definition) is 3. The van der Waals surface area contributed by atoms with Gasteiger partial charge in [-0.3, -0.25) is 0 Å². The molecule has 0 radical (unpaired) electrons. The van der Waals surface area contributed by atoms with E-state index in [-0.39, 0.29) is 11.6 Å². The first-order valence-corrected chi connectivity index (χ1v) is 2.85. The monoisotopic (exact) mass is 127 g/mol. The van der Waals surface area contributed by atoms with E-state index in [2.05, 4.69) is 4.99 Å². The van der Waals surface area contributed by atoms with Crippen LogP contribution in [0.3, 0.4) is 0 Å². The van der Waals surface area contributed by atoms with E-state index in [1.807, 2.05) is 6.92 Å². The Morgan fingerprint density at radius 2 is 2.56 bits per heavy atom. The molecule has 0 bridgehead atoms. The van der Waals surface area contributed by atoms with Crippen LogP contribution in [0.15, 0.2) is 4.99 Å². The first kappa shape index (κ1) is 6.46. The summed E-state index contributed by atoms with van der Waals surface area (Å²) in [5.41, 5.74) is -0.169. The van der Waals surface area contributed by atoms with Crippen molar-refractivity contribution in [2.45, 2.75) is 25.0 Å². The van der Waals surface area contributed by atoms with Crippen LogP contribution in [0.1, 0.15) is 13.3 Å². The molecule has 0 N–H and O–H groups in total. The molecule has 1 aliphatic carbocycles. The average Bonchev–Trinajstić information content (AvgIpc) is 2.46. The quantitative estimate of drug-likeness (QED) is 0.400. The van der Waals surface area contributed by atoms with E-state index >= 15 is 0 Å². The zero-order valence-corrected chi connectivity index (χ0v) is 5.55. The fourth-order valence-corrected chi connectivity index (χ4v) is 0.790. The molecule has 3 heteroatoms. The minimum Gasteiger partial charge on any atom is -0.376 e. The van der Waals surface area contributed by atoms with Crippen LogP contribution in [0, 0.1) is 0 Å². The molecule has 3 nitrogen and oxygen atoms in total. The van der Waals surface area contributed by atoms with Crippen molar-refractivity contribution < 1.29 is 9.53 Å². The first-order chi connectivity index (χ1) is 4.23. The second kappa shape index (κ2) is 1.94. The van der Waals surface area contributed by atoms with Gasteiger partial charge in [0.1, 0.15) is 0 Å². The van der Waals surface area contributed by atoms with Gasteiger partial charge in [-0.1, -0.05) is 0 Å². The van der Waals surface area contributed by atoms with E-state index < -0.39 is 0 Å². The van der Waals surface area contributed by atoms with Crippen molar-refractivity contribution in [2.24, 2.45) is 4.99 Å². The maximum absolute atomic E-state index is 9.71. The highest BCUT2D eigenvalue weighted by molar-refractivity contribution is 5.36. The topological polar surface area (TPSA) is 38.7 Å². The molecule has 2 atom stereocenters. The van der Waals surface area contributed by atoms with Crippen molar-refractivity contribution in [3.8, 4) is 0 Å². The third-order valence-corrected chi connectivity index (χ3v) is 1.82. The second-order valence-corrected chi connectivity index (χ2v) is 2.46. The highest BCUT2D eigenvalue weighted by Crippen LogP contribution is 2.41. The molecular weight excluding hydrogens is 118 g/mol. The van der Waals surface area contributed by atoms with Gasteiger partial charge in [-0.05, 0) is 6.92 Å². The summed E-state index contributed by atoms with van der Waals surface area (Å²) >= 11 is 0. The number of methoxy groups -OCH3 is 1. The molecule has 0 aromatic heterocycles. The maximum Gasteiger partial charge on any atom is 0.235 e. The maximum atomic E-state index is 9.71. The van der Waals surface area contributed by atoms with Gasteiger partial charge in [0, 0.05) is 13.5 Å². The van der Waals surface area contributed by atoms with E-state index in [4.69, 9.17) is 4.74 Å². The normalized spacial score (nSPS) is 39.6. The van der Waals surface area contributed by atoms with Crippen molar-refractivity contribution in [3.63, 3.8) is 0 Å². The van der Waals surface area contributed by atoms with E-state index in [9.17, 15) is 4.79 Å². The lowest BCUT2D eigenvalue weighted by atomic mass is 10.4. The van der Waals surface area contributed by atoms with Gasteiger partial charge < -0.3 is 4.74 Å². The third-order valence-electron chi connectivity index (χ3n) is 1.82. The molecule has 1 rings (SSSR count). The second-order valence-electron chi connectivity index (χ2n) is 2.46. The van der Waals surface area contributed by atoms with Gasteiger partial charge in [-0.2, -0.15) is 4.99 Å². The lowest BCUT2D eigenvalue weighted by Gasteiger charge is -2.02. The zero-order valence-electron chi connectivity index (χ0n) is 5.55. The van der Waals surface area contributed by atoms with Crippen molar-refractivity contribution >= 4 is 6.08 Å². The van der Waals surface area contributed by atoms with Gasteiger partial charge in [0.25, 0.3) is 0 Å². The summed E-state index contributed by atoms with van der Waals surface area (Å²) in [6, 6.07) is 0.0556. The molecule has 1 aliphatic rings. The van der Waals surface area contributed by atoms with Crippen molar-refractivity contribution in [1.29, 1.82) is 0 Å². The van der Waals surface area contributed by atoms with Gasteiger partial charge >= 0.3 is 0 Å². The molecule has 0 heterocycles. The Bertz CT molecular complexity index is 162. The van der Waals surface area contributed by atoms with E-state index in [0.29, 0.717) is 0 Å². The van der Waals surface area contributed by atoms with Crippen LogP contribution >= 0.6 is 0 Å².